The SMILES string of the molecule is CCC1(CC)CN(CC2CC3CCC2C3)C(C(C)C)CN1. The lowest BCUT2D eigenvalue weighted by Gasteiger charge is -2.50. The van der Waals surface area contributed by atoms with Crippen LogP contribution in [-0.4, -0.2) is 36.1 Å². The van der Waals surface area contributed by atoms with E-state index in [0.29, 0.717) is 5.54 Å². The molecule has 2 nitrogen and oxygen atoms in total. The van der Waals surface area contributed by atoms with E-state index in [1.807, 2.05) is 0 Å². The van der Waals surface area contributed by atoms with Crippen LogP contribution in [0.5, 0.6) is 0 Å². The molecule has 1 saturated heterocycles. The highest BCUT2D eigenvalue weighted by molar-refractivity contribution is 5.00. The van der Waals surface area contributed by atoms with E-state index in [1.54, 1.807) is 6.42 Å². The quantitative estimate of drug-likeness (QED) is 0.826. The number of piperazine rings is 1. The highest BCUT2D eigenvalue weighted by Gasteiger charge is 2.43. The van der Waals surface area contributed by atoms with Crippen molar-refractivity contribution >= 4 is 0 Å². The lowest BCUT2D eigenvalue weighted by molar-refractivity contribution is 0.0310. The summed E-state index contributed by atoms with van der Waals surface area (Å²) in [7, 11) is 0. The third-order valence-electron chi connectivity index (χ3n) is 7.14. The molecular weight excluding hydrogens is 256 g/mol. The fourth-order valence-corrected chi connectivity index (χ4v) is 5.49. The van der Waals surface area contributed by atoms with Crippen LogP contribution < -0.4 is 5.32 Å². The van der Waals surface area contributed by atoms with Crippen molar-refractivity contribution in [3.63, 3.8) is 0 Å². The van der Waals surface area contributed by atoms with E-state index >= 15 is 0 Å². The highest BCUT2D eigenvalue weighted by Crippen LogP contribution is 2.48. The summed E-state index contributed by atoms with van der Waals surface area (Å²) in [4.78, 5) is 2.89. The minimum atomic E-state index is 0.378. The second kappa shape index (κ2) is 6.20. The van der Waals surface area contributed by atoms with Gasteiger partial charge in [-0.05, 0) is 55.8 Å². The van der Waals surface area contributed by atoms with Gasteiger partial charge in [0.2, 0.25) is 0 Å². The molecule has 3 rings (SSSR count). The zero-order valence-corrected chi connectivity index (χ0v) is 14.7. The van der Waals surface area contributed by atoms with Gasteiger partial charge in [0.25, 0.3) is 0 Å². The van der Waals surface area contributed by atoms with Crippen LogP contribution >= 0.6 is 0 Å². The first-order chi connectivity index (χ1) is 10.1. The summed E-state index contributed by atoms with van der Waals surface area (Å²) in [6.07, 6.45) is 8.67. The molecule has 0 spiro atoms. The van der Waals surface area contributed by atoms with Crippen LogP contribution in [0.4, 0.5) is 0 Å². The molecule has 0 aromatic carbocycles. The van der Waals surface area contributed by atoms with Gasteiger partial charge in [0, 0.05) is 31.2 Å². The largest absolute Gasteiger partial charge is 0.308 e. The van der Waals surface area contributed by atoms with E-state index in [4.69, 9.17) is 0 Å². The molecular formula is C19H36N2. The Bertz CT molecular complexity index is 347. The van der Waals surface area contributed by atoms with Gasteiger partial charge < -0.3 is 5.32 Å². The van der Waals surface area contributed by atoms with Crippen LogP contribution in [0.3, 0.4) is 0 Å². The van der Waals surface area contributed by atoms with Gasteiger partial charge in [0.15, 0.2) is 0 Å². The van der Waals surface area contributed by atoms with Crippen LogP contribution in [0.15, 0.2) is 0 Å². The molecule has 1 heterocycles. The van der Waals surface area contributed by atoms with Crippen LogP contribution in [0.25, 0.3) is 0 Å². The molecule has 4 unspecified atom stereocenters. The molecule has 0 radical (unpaired) electrons. The van der Waals surface area contributed by atoms with Gasteiger partial charge in [-0.1, -0.05) is 34.1 Å². The number of nitrogens with one attached hydrogen (secondary N) is 1. The molecule has 3 fully saturated rings. The molecule has 0 aromatic rings. The van der Waals surface area contributed by atoms with Crippen LogP contribution in [-0.2, 0) is 0 Å². The number of fused-ring (bicyclic) bond motifs is 2. The second-order valence-electron chi connectivity index (χ2n) is 8.54. The van der Waals surface area contributed by atoms with Gasteiger partial charge in [-0.25, -0.2) is 0 Å². The van der Waals surface area contributed by atoms with E-state index < -0.39 is 0 Å². The van der Waals surface area contributed by atoms with Gasteiger partial charge in [0.1, 0.15) is 0 Å². The number of nitrogens with zero attached hydrogens (tertiary/aromatic N) is 1. The summed E-state index contributed by atoms with van der Waals surface area (Å²) in [5.74, 6) is 3.93. The topological polar surface area (TPSA) is 15.3 Å². The van der Waals surface area contributed by atoms with E-state index in [2.05, 4.69) is 37.9 Å². The van der Waals surface area contributed by atoms with Crippen molar-refractivity contribution in [3.8, 4) is 0 Å². The number of hydrogen-bond donors (Lipinski definition) is 1. The Hall–Kier alpha value is -0.0800. The van der Waals surface area contributed by atoms with E-state index in [-0.39, 0.29) is 0 Å². The fourth-order valence-electron chi connectivity index (χ4n) is 5.49. The molecule has 4 atom stereocenters. The molecule has 1 aliphatic heterocycles. The molecule has 2 heteroatoms. The Balaban J connectivity index is 1.68. The lowest BCUT2D eigenvalue weighted by Crippen LogP contribution is -2.65. The predicted octanol–water partition coefficient (Wildman–Crippen LogP) is 3.91. The Kier molecular flexibility index (Phi) is 4.66. The first-order valence-corrected chi connectivity index (χ1v) is 9.56. The van der Waals surface area contributed by atoms with Gasteiger partial charge in [0.05, 0.1) is 0 Å². The van der Waals surface area contributed by atoms with E-state index in [0.717, 1.165) is 29.7 Å². The first-order valence-electron chi connectivity index (χ1n) is 9.56. The van der Waals surface area contributed by atoms with Crippen molar-refractivity contribution in [2.75, 3.05) is 19.6 Å². The van der Waals surface area contributed by atoms with Crippen LogP contribution in [0.2, 0.25) is 0 Å². The molecule has 21 heavy (non-hydrogen) atoms. The Labute approximate surface area is 132 Å². The Morgan fingerprint density at radius 2 is 1.90 bits per heavy atom. The monoisotopic (exact) mass is 292 g/mol. The smallest absolute Gasteiger partial charge is 0.0304 e. The molecule has 2 bridgehead atoms. The number of rotatable bonds is 5. The Morgan fingerprint density at radius 1 is 1.14 bits per heavy atom. The van der Waals surface area contributed by atoms with Crippen LogP contribution in [0.1, 0.15) is 66.2 Å². The van der Waals surface area contributed by atoms with Gasteiger partial charge >= 0.3 is 0 Å². The summed E-state index contributed by atoms with van der Waals surface area (Å²) in [5.41, 5.74) is 0.378. The highest BCUT2D eigenvalue weighted by atomic mass is 15.3. The first kappa shape index (κ1) is 15.8. The van der Waals surface area contributed by atoms with Gasteiger partial charge in [-0.3, -0.25) is 4.90 Å². The van der Waals surface area contributed by atoms with Crippen molar-refractivity contribution in [1.82, 2.24) is 10.2 Å². The fraction of sp³-hybridized carbons (Fsp3) is 1.00. The van der Waals surface area contributed by atoms with Crippen molar-refractivity contribution in [2.45, 2.75) is 77.8 Å². The third kappa shape index (κ3) is 3.03. The van der Waals surface area contributed by atoms with Crippen LogP contribution in [0, 0.1) is 23.7 Å². The zero-order chi connectivity index (χ0) is 15.0. The summed E-state index contributed by atoms with van der Waals surface area (Å²) in [6.45, 7) is 13.4. The number of hydrogen-bond acceptors (Lipinski definition) is 2. The standard InChI is InChI=1S/C19H36N2/c1-5-19(6-2)13-21(18(11-20-19)14(3)4)12-17-10-15-7-8-16(17)9-15/h14-18,20H,5-13H2,1-4H3. The summed E-state index contributed by atoms with van der Waals surface area (Å²) < 4.78 is 0. The molecule has 122 valence electrons. The second-order valence-corrected chi connectivity index (χ2v) is 8.54. The van der Waals surface area contributed by atoms with Crippen molar-refractivity contribution in [3.05, 3.63) is 0 Å². The normalized spacial score (nSPS) is 39.3. The van der Waals surface area contributed by atoms with Gasteiger partial charge in [-0.15, -0.1) is 0 Å². The minimum Gasteiger partial charge on any atom is -0.308 e. The third-order valence-corrected chi connectivity index (χ3v) is 7.14. The summed E-state index contributed by atoms with van der Waals surface area (Å²) >= 11 is 0. The summed E-state index contributed by atoms with van der Waals surface area (Å²) in [5, 5.41) is 3.91. The van der Waals surface area contributed by atoms with Crippen molar-refractivity contribution < 1.29 is 0 Å². The maximum absolute atomic E-state index is 3.91. The molecule has 1 N–H and O–H groups in total. The molecule has 2 aliphatic carbocycles. The van der Waals surface area contributed by atoms with Crippen molar-refractivity contribution in [2.24, 2.45) is 23.7 Å². The molecule has 0 amide bonds. The summed E-state index contributed by atoms with van der Waals surface area (Å²) in [6, 6.07) is 0.746. The molecule has 0 aromatic heterocycles. The Morgan fingerprint density at radius 3 is 2.43 bits per heavy atom. The van der Waals surface area contributed by atoms with E-state index in [9.17, 15) is 0 Å². The minimum absolute atomic E-state index is 0.378. The maximum atomic E-state index is 3.91. The van der Waals surface area contributed by atoms with E-state index in [1.165, 1.54) is 51.7 Å². The maximum Gasteiger partial charge on any atom is 0.0304 e. The predicted molar refractivity (Wildman–Crippen MR) is 90.5 cm³/mol. The average Bonchev–Trinajstić information content (AvgIpc) is 3.09. The average molecular weight is 293 g/mol. The lowest BCUT2D eigenvalue weighted by atomic mass is 9.83. The van der Waals surface area contributed by atoms with Gasteiger partial charge in [-0.2, -0.15) is 0 Å². The molecule has 2 saturated carbocycles. The zero-order valence-electron chi connectivity index (χ0n) is 14.7. The molecule has 3 aliphatic rings. The van der Waals surface area contributed by atoms with Crippen molar-refractivity contribution in [1.29, 1.82) is 0 Å².